The molecule has 24 heavy (non-hydrogen) atoms. The van der Waals surface area contributed by atoms with Crippen LogP contribution in [0.25, 0.3) is 11.1 Å². The molecule has 0 aromatic heterocycles. The minimum atomic E-state index is -0.0880. The lowest BCUT2D eigenvalue weighted by Crippen LogP contribution is -2.07. The molecule has 0 aliphatic carbocycles. The van der Waals surface area contributed by atoms with Crippen LogP contribution in [0.4, 0.5) is 0 Å². The minimum Gasteiger partial charge on any atom is -0.299 e. The van der Waals surface area contributed by atoms with Gasteiger partial charge in [0.2, 0.25) is 0 Å². The summed E-state index contributed by atoms with van der Waals surface area (Å²) in [6, 6.07) is 16.2. The van der Waals surface area contributed by atoms with E-state index < -0.39 is 0 Å². The molecule has 0 fully saturated rings. The van der Waals surface area contributed by atoms with E-state index in [2.05, 4.69) is 31.2 Å². The Morgan fingerprint density at radius 3 is 1.92 bits per heavy atom. The van der Waals surface area contributed by atoms with E-state index in [9.17, 15) is 9.59 Å². The van der Waals surface area contributed by atoms with Crippen molar-refractivity contribution in [3.8, 4) is 11.1 Å². The van der Waals surface area contributed by atoms with Crippen molar-refractivity contribution in [1.82, 2.24) is 0 Å². The van der Waals surface area contributed by atoms with E-state index in [1.165, 1.54) is 18.4 Å². The van der Waals surface area contributed by atoms with Gasteiger partial charge in [0.1, 0.15) is 5.78 Å². The Morgan fingerprint density at radius 1 is 0.792 bits per heavy atom. The highest BCUT2D eigenvalue weighted by molar-refractivity contribution is 6.08. The molecule has 0 bridgehead atoms. The zero-order chi connectivity index (χ0) is 17.4. The maximum absolute atomic E-state index is 12.1. The van der Waals surface area contributed by atoms with E-state index in [1.54, 1.807) is 0 Å². The third-order valence-corrected chi connectivity index (χ3v) is 4.20. The Kier molecular flexibility index (Phi) is 6.92. The Bertz CT molecular complexity index is 666. The highest BCUT2D eigenvalue weighted by Crippen LogP contribution is 2.21. The monoisotopic (exact) mass is 322 g/mol. The predicted molar refractivity (Wildman–Crippen MR) is 99.4 cm³/mol. The first-order chi connectivity index (χ1) is 11.6. The van der Waals surface area contributed by atoms with Gasteiger partial charge in [-0.15, -0.1) is 0 Å². The highest BCUT2D eigenvalue weighted by Gasteiger charge is 2.11. The van der Waals surface area contributed by atoms with Gasteiger partial charge in [-0.2, -0.15) is 0 Å². The maximum Gasteiger partial charge on any atom is 0.170 e. The summed E-state index contributed by atoms with van der Waals surface area (Å²) in [5.41, 5.74) is 4.22. The first kappa shape index (κ1) is 18.1. The quantitative estimate of drug-likeness (QED) is 0.442. The van der Waals surface area contributed by atoms with Crippen LogP contribution in [0.1, 0.15) is 61.9 Å². The third kappa shape index (κ3) is 5.16. The molecule has 0 aliphatic rings. The molecule has 0 amide bonds. The predicted octanol–water partition coefficient (Wildman–Crippen LogP) is 5.64. The summed E-state index contributed by atoms with van der Waals surface area (Å²) in [4.78, 5) is 23.7. The van der Waals surface area contributed by atoms with Gasteiger partial charge in [-0.05, 0) is 36.0 Å². The first-order valence-electron chi connectivity index (χ1n) is 8.88. The van der Waals surface area contributed by atoms with Gasteiger partial charge in [-0.25, -0.2) is 0 Å². The molecule has 0 unspecified atom stereocenters. The van der Waals surface area contributed by atoms with Crippen LogP contribution < -0.4 is 0 Å². The Balaban J connectivity index is 2.03. The molecule has 2 heteroatoms. The van der Waals surface area contributed by atoms with E-state index >= 15 is 0 Å². The molecule has 0 saturated carbocycles. The standard InChI is InChI=1S/C22H26O2/c1-3-5-7-17-8-10-18(11-9-17)19-12-14-20(15-13-19)22(24)16-21(23)6-4-2/h8-15H,3-7,16H2,1-2H3. The van der Waals surface area contributed by atoms with Gasteiger partial charge in [-0.3, -0.25) is 9.59 Å². The van der Waals surface area contributed by atoms with Crippen LogP contribution >= 0.6 is 0 Å². The normalized spacial score (nSPS) is 10.6. The molecule has 2 aromatic carbocycles. The molecular weight excluding hydrogens is 296 g/mol. The topological polar surface area (TPSA) is 34.1 Å². The van der Waals surface area contributed by atoms with Crippen LogP contribution in [0.15, 0.2) is 48.5 Å². The second kappa shape index (κ2) is 9.17. The summed E-state index contributed by atoms with van der Waals surface area (Å²) in [5, 5.41) is 0. The van der Waals surface area contributed by atoms with Gasteiger partial charge in [-0.1, -0.05) is 68.8 Å². The number of carbonyl (C=O) groups is 2. The van der Waals surface area contributed by atoms with Crippen molar-refractivity contribution in [2.24, 2.45) is 0 Å². The molecule has 2 aromatic rings. The van der Waals surface area contributed by atoms with Gasteiger partial charge in [0.25, 0.3) is 0 Å². The van der Waals surface area contributed by atoms with E-state index in [1.807, 2.05) is 31.2 Å². The zero-order valence-electron chi connectivity index (χ0n) is 14.7. The van der Waals surface area contributed by atoms with Crippen LogP contribution in [0.3, 0.4) is 0 Å². The lowest BCUT2D eigenvalue weighted by atomic mass is 9.98. The molecule has 0 N–H and O–H groups in total. The molecule has 0 atom stereocenters. The second-order valence-electron chi connectivity index (χ2n) is 6.27. The number of Topliss-reactive ketones (excluding diaryl/α,β-unsaturated/α-hetero) is 2. The number of hydrogen-bond donors (Lipinski definition) is 0. The molecule has 0 radical (unpaired) electrons. The molecule has 0 aliphatic heterocycles. The summed E-state index contributed by atoms with van der Waals surface area (Å²) >= 11 is 0. The van der Waals surface area contributed by atoms with E-state index in [-0.39, 0.29) is 18.0 Å². The average molecular weight is 322 g/mol. The van der Waals surface area contributed by atoms with Crippen molar-refractivity contribution in [2.75, 3.05) is 0 Å². The minimum absolute atomic E-state index is 0.0132. The van der Waals surface area contributed by atoms with Crippen molar-refractivity contribution in [1.29, 1.82) is 0 Å². The van der Waals surface area contributed by atoms with Crippen molar-refractivity contribution >= 4 is 11.6 Å². The van der Waals surface area contributed by atoms with E-state index in [0.717, 1.165) is 24.0 Å². The van der Waals surface area contributed by atoms with Crippen molar-refractivity contribution in [3.63, 3.8) is 0 Å². The largest absolute Gasteiger partial charge is 0.299 e. The molecule has 0 saturated heterocycles. The second-order valence-corrected chi connectivity index (χ2v) is 6.27. The molecule has 0 spiro atoms. The lowest BCUT2D eigenvalue weighted by Gasteiger charge is -2.06. The number of rotatable bonds is 9. The zero-order valence-corrected chi connectivity index (χ0v) is 14.7. The summed E-state index contributed by atoms with van der Waals surface area (Å²) in [6.07, 6.45) is 4.83. The Labute approximate surface area is 144 Å². The van der Waals surface area contributed by atoms with Gasteiger partial charge in [0, 0.05) is 12.0 Å². The summed E-state index contributed by atoms with van der Waals surface area (Å²) in [6.45, 7) is 4.15. The number of unbranched alkanes of at least 4 members (excludes halogenated alkanes) is 1. The van der Waals surface area contributed by atoms with Crippen molar-refractivity contribution in [2.45, 2.75) is 52.4 Å². The third-order valence-electron chi connectivity index (χ3n) is 4.20. The lowest BCUT2D eigenvalue weighted by molar-refractivity contribution is -0.118. The van der Waals surface area contributed by atoms with Gasteiger partial charge >= 0.3 is 0 Å². The van der Waals surface area contributed by atoms with Crippen molar-refractivity contribution < 1.29 is 9.59 Å². The highest BCUT2D eigenvalue weighted by atomic mass is 16.1. The van der Waals surface area contributed by atoms with Crippen LogP contribution in [0.5, 0.6) is 0 Å². The number of benzene rings is 2. The van der Waals surface area contributed by atoms with Crippen LogP contribution in [0, 0.1) is 0 Å². The van der Waals surface area contributed by atoms with Crippen LogP contribution in [0.2, 0.25) is 0 Å². The SMILES string of the molecule is CCCCc1ccc(-c2ccc(C(=O)CC(=O)CCC)cc2)cc1. The maximum atomic E-state index is 12.1. The number of ketones is 2. The van der Waals surface area contributed by atoms with Gasteiger partial charge in [0.05, 0.1) is 6.42 Å². The van der Waals surface area contributed by atoms with E-state index in [4.69, 9.17) is 0 Å². The van der Waals surface area contributed by atoms with Crippen LogP contribution in [-0.4, -0.2) is 11.6 Å². The Morgan fingerprint density at radius 2 is 1.38 bits per heavy atom. The van der Waals surface area contributed by atoms with Crippen LogP contribution in [-0.2, 0) is 11.2 Å². The smallest absolute Gasteiger partial charge is 0.170 e. The van der Waals surface area contributed by atoms with Crippen molar-refractivity contribution in [3.05, 3.63) is 59.7 Å². The average Bonchev–Trinajstić information content (AvgIpc) is 2.60. The summed E-state index contributed by atoms with van der Waals surface area (Å²) in [7, 11) is 0. The fourth-order valence-electron chi connectivity index (χ4n) is 2.74. The Hall–Kier alpha value is -2.22. The van der Waals surface area contributed by atoms with Gasteiger partial charge in [0.15, 0.2) is 5.78 Å². The molecule has 126 valence electrons. The summed E-state index contributed by atoms with van der Waals surface area (Å²) < 4.78 is 0. The summed E-state index contributed by atoms with van der Waals surface area (Å²) in [5.74, 6) is -0.0656. The molecular formula is C22H26O2. The fraction of sp³-hybridized carbons (Fsp3) is 0.364. The number of carbonyl (C=O) groups excluding carboxylic acids is 2. The molecule has 0 heterocycles. The fourth-order valence-corrected chi connectivity index (χ4v) is 2.74. The first-order valence-corrected chi connectivity index (χ1v) is 8.88. The number of hydrogen-bond acceptors (Lipinski definition) is 2. The molecule has 2 rings (SSSR count). The number of aryl methyl sites for hydroxylation is 1. The van der Waals surface area contributed by atoms with Gasteiger partial charge < -0.3 is 0 Å². The van der Waals surface area contributed by atoms with E-state index in [0.29, 0.717) is 12.0 Å². The molecule has 2 nitrogen and oxygen atoms in total.